The molecule has 24 heavy (non-hydrogen) atoms. The van der Waals surface area contributed by atoms with Crippen molar-refractivity contribution in [1.82, 2.24) is 0 Å². The number of benzene rings is 2. The van der Waals surface area contributed by atoms with E-state index in [1.807, 2.05) is 0 Å². The molecule has 3 rings (SSSR count). The summed E-state index contributed by atoms with van der Waals surface area (Å²) in [4.78, 5) is 0. The van der Waals surface area contributed by atoms with Gasteiger partial charge in [0.15, 0.2) is 0 Å². The minimum atomic E-state index is -2.40. The second-order valence-corrected chi connectivity index (χ2v) is 12.8. The van der Waals surface area contributed by atoms with Crippen LogP contribution in [0.3, 0.4) is 0 Å². The van der Waals surface area contributed by atoms with Crippen LogP contribution in [0.1, 0.15) is 33.6 Å². The SMILES string of the molecule is CC(C)(C)[Si](OC1CC=C(Br)C1)(c1ccccc1)c1ccccc1. The summed E-state index contributed by atoms with van der Waals surface area (Å²) in [7, 11) is -2.40. The van der Waals surface area contributed by atoms with Gasteiger partial charge in [-0.1, -0.05) is 103 Å². The van der Waals surface area contributed by atoms with Crippen LogP contribution in [-0.4, -0.2) is 14.4 Å². The van der Waals surface area contributed by atoms with E-state index in [1.54, 1.807) is 0 Å². The van der Waals surface area contributed by atoms with Crippen molar-refractivity contribution in [2.45, 2.75) is 44.8 Å². The van der Waals surface area contributed by atoms with Gasteiger partial charge in [-0.05, 0) is 26.3 Å². The number of hydrogen-bond donors (Lipinski definition) is 0. The van der Waals surface area contributed by atoms with Crippen LogP contribution in [0.15, 0.2) is 71.2 Å². The van der Waals surface area contributed by atoms with E-state index in [2.05, 4.69) is 103 Å². The Hall–Kier alpha value is -1.16. The first-order valence-corrected chi connectivity index (χ1v) is 11.3. The van der Waals surface area contributed by atoms with E-state index in [0.717, 1.165) is 12.8 Å². The maximum Gasteiger partial charge on any atom is 0.261 e. The van der Waals surface area contributed by atoms with Gasteiger partial charge in [0.25, 0.3) is 8.32 Å². The van der Waals surface area contributed by atoms with Gasteiger partial charge in [0.2, 0.25) is 0 Å². The highest BCUT2D eigenvalue weighted by Gasteiger charge is 2.51. The van der Waals surface area contributed by atoms with Crippen molar-refractivity contribution in [3.63, 3.8) is 0 Å². The predicted molar refractivity (Wildman–Crippen MR) is 109 cm³/mol. The fourth-order valence-corrected chi connectivity index (χ4v) is 8.92. The van der Waals surface area contributed by atoms with Crippen molar-refractivity contribution < 1.29 is 4.43 Å². The third-order valence-electron chi connectivity index (χ3n) is 4.79. The molecule has 3 heteroatoms. The molecule has 2 aromatic carbocycles. The Labute approximate surface area is 155 Å². The second kappa shape index (κ2) is 6.99. The highest BCUT2D eigenvalue weighted by Crippen LogP contribution is 2.39. The third kappa shape index (κ3) is 3.30. The zero-order valence-corrected chi connectivity index (χ0v) is 17.2. The van der Waals surface area contributed by atoms with Crippen LogP contribution >= 0.6 is 15.9 Å². The van der Waals surface area contributed by atoms with Crippen LogP contribution in [-0.2, 0) is 4.43 Å². The summed E-state index contributed by atoms with van der Waals surface area (Å²) in [6, 6.07) is 21.7. The van der Waals surface area contributed by atoms with Crippen LogP contribution in [0.5, 0.6) is 0 Å². The maximum atomic E-state index is 7.06. The van der Waals surface area contributed by atoms with Gasteiger partial charge in [0.05, 0.1) is 6.10 Å². The van der Waals surface area contributed by atoms with Gasteiger partial charge in [-0.15, -0.1) is 0 Å². The molecule has 0 spiro atoms. The average molecular weight is 401 g/mol. The summed E-state index contributed by atoms with van der Waals surface area (Å²) < 4.78 is 8.33. The summed E-state index contributed by atoms with van der Waals surface area (Å²) in [6.07, 6.45) is 4.48. The molecule has 0 bridgehead atoms. The van der Waals surface area contributed by atoms with Crippen LogP contribution in [0, 0.1) is 0 Å². The standard InChI is InChI=1S/C21H25BrOSi/c1-21(2,3)24(19-10-6-4-7-11-19,20-12-8-5-9-13-20)23-18-15-14-17(22)16-18/h4-14,18H,15-16H2,1-3H3. The van der Waals surface area contributed by atoms with Crippen molar-refractivity contribution in [1.29, 1.82) is 0 Å². The molecule has 0 fully saturated rings. The smallest absolute Gasteiger partial charge is 0.261 e. The highest BCUT2D eigenvalue weighted by atomic mass is 79.9. The third-order valence-corrected chi connectivity index (χ3v) is 10.5. The molecule has 0 N–H and O–H groups in total. The average Bonchev–Trinajstić information content (AvgIpc) is 2.98. The molecule has 2 aromatic rings. The van der Waals surface area contributed by atoms with E-state index < -0.39 is 8.32 Å². The molecule has 1 nitrogen and oxygen atoms in total. The number of halogens is 1. The van der Waals surface area contributed by atoms with E-state index in [4.69, 9.17) is 4.43 Å². The van der Waals surface area contributed by atoms with Gasteiger partial charge in [-0.2, -0.15) is 0 Å². The van der Waals surface area contributed by atoms with Crippen LogP contribution in [0.25, 0.3) is 0 Å². The van der Waals surface area contributed by atoms with E-state index in [9.17, 15) is 0 Å². The fourth-order valence-electron chi connectivity index (χ4n) is 3.67. The first kappa shape index (κ1) is 17.7. The Kier molecular flexibility index (Phi) is 5.14. The van der Waals surface area contributed by atoms with Gasteiger partial charge in [-0.3, -0.25) is 0 Å². The van der Waals surface area contributed by atoms with Gasteiger partial charge in [0, 0.05) is 6.42 Å². The van der Waals surface area contributed by atoms with Crippen molar-refractivity contribution >= 4 is 34.6 Å². The molecule has 0 saturated carbocycles. The molecule has 126 valence electrons. The van der Waals surface area contributed by atoms with E-state index in [1.165, 1.54) is 14.9 Å². The van der Waals surface area contributed by atoms with Gasteiger partial charge in [0.1, 0.15) is 0 Å². The first-order chi connectivity index (χ1) is 11.4. The van der Waals surface area contributed by atoms with Gasteiger partial charge >= 0.3 is 0 Å². The Morgan fingerprint density at radius 1 is 0.917 bits per heavy atom. The van der Waals surface area contributed by atoms with E-state index in [0.29, 0.717) is 0 Å². The van der Waals surface area contributed by atoms with Gasteiger partial charge < -0.3 is 4.43 Å². The molecule has 0 aromatic heterocycles. The van der Waals surface area contributed by atoms with Crippen molar-refractivity contribution in [2.24, 2.45) is 0 Å². The molecule has 1 unspecified atom stereocenters. The molecule has 0 amide bonds. The summed E-state index contributed by atoms with van der Waals surface area (Å²) in [5, 5.41) is 2.75. The zero-order chi connectivity index (χ0) is 17.2. The molecule has 1 aliphatic carbocycles. The zero-order valence-electron chi connectivity index (χ0n) is 14.6. The lowest BCUT2D eigenvalue weighted by Crippen LogP contribution is -2.67. The van der Waals surface area contributed by atoms with Crippen LogP contribution in [0.2, 0.25) is 5.04 Å². The summed E-state index contributed by atoms with van der Waals surface area (Å²) >= 11 is 3.65. The molecule has 1 atom stereocenters. The number of rotatable bonds is 4. The van der Waals surface area contributed by atoms with Crippen molar-refractivity contribution in [2.75, 3.05) is 0 Å². The van der Waals surface area contributed by atoms with Crippen molar-refractivity contribution in [3.8, 4) is 0 Å². The minimum Gasteiger partial charge on any atom is -0.404 e. The lowest BCUT2D eigenvalue weighted by atomic mass is 10.2. The predicted octanol–water partition coefficient (Wildman–Crippen LogP) is 5.00. The van der Waals surface area contributed by atoms with E-state index >= 15 is 0 Å². The maximum absolute atomic E-state index is 7.06. The molecular weight excluding hydrogens is 376 g/mol. The molecule has 0 radical (unpaired) electrons. The lowest BCUT2D eigenvalue weighted by Gasteiger charge is -2.44. The largest absolute Gasteiger partial charge is 0.404 e. The van der Waals surface area contributed by atoms with Crippen molar-refractivity contribution in [3.05, 3.63) is 71.2 Å². The minimum absolute atomic E-state index is 0.0464. The molecular formula is C21H25BrOSi. The summed E-state index contributed by atoms with van der Waals surface area (Å²) in [5.41, 5.74) is 0. The van der Waals surface area contributed by atoms with Gasteiger partial charge in [-0.25, -0.2) is 0 Å². The Bertz CT molecular complexity index is 664. The highest BCUT2D eigenvalue weighted by molar-refractivity contribution is 9.11. The van der Waals surface area contributed by atoms with Crippen LogP contribution in [0.4, 0.5) is 0 Å². The molecule has 0 saturated heterocycles. The fraction of sp³-hybridized carbons (Fsp3) is 0.333. The van der Waals surface area contributed by atoms with E-state index in [-0.39, 0.29) is 11.1 Å². The summed E-state index contributed by atoms with van der Waals surface area (Å²) in [5.74, 6) is 0. The normalized spacial score (nSPS) is 18.5. The Morgan fingerprint density at radius 3 is 1.79 bits per heavy atom. The van der Waals surface area contributed by atoms with Crippen LogP contribution < -0.4 is 10.4 Å². The molecule has 0 heterocycles. The Balaban J connectivity index is 2.14. The summed E-state index contributed by atoms with van der Waals surface area (Å²) in [6.45, 7) is 6.99. The first-order valence-electron chi connectivity index (χ1n) is 8.57. The quantitative estimate of drug-likeness (QED) is 0.655. The second-order valence-electron chi connectivity index (χ2n) is 7.49. The Morgan fingerprint density at radius 2 is 1.42 bits per heavy atom. The number of hydrogen-bond acceptors (Lipinski definition) is 1. The monoisotopic (exact) mass is 400 g/mol. The topological polar surface area (TPSA) is 9.23 Å². The molecule has 1 aliphatic rings. The lowest BCUT2D eigenvalue weighted by molar-refractivity contribution is 0.201. The molecule has 0 aliphatic heterocycles.